The summed E-state index contributed by atoms with van der Waals surface area (Å²) in [6.07, 6.45) is -19.8. The maximum atomic E-state index is 14.4. The van der Waals surface area contributed by atoms with Crippen LogP contribution in [0.15, 0.2) is 12.1 Å². The van der Waals surface area contributed by atoms with Gasteiger partial charge in [0.05, 0.1) is 7.11 Å². The van der Waals surface area contributed by atoms with Crippen molar-refractivity contribution in [3.8, 4) is 11.5 Å². The van der Waals surface area contributed by atoms with Crippen molar-refractivity contribution in [3.05, 3.63) is 23.3 Å². The Kier molecular flexibility index (Phi) is 10.8. The molecule has 6 atom stereocenters. The average molecular weight is 825 g/mol. The second kappa shape index (κ2) is 13.3. The highest BCUT2D eigenvalue weighted by Gasteiger charge is 2.79. The normalized spacial score (nSPS) is 27.0. The lowest BCUT2D eigenvalue weighted by Gasteiger charge is -2.50. The second-order valence-corrected chi connectivity index (χ2v) is 20.5. The molecule has 308 valence electrons. The van der Waals surface area contributed by atoms with Gasteiger partial charge in [0.2, 0.25) is 0 Å². The Morgan fingerprint density at radius 1 is 0.759 bits per heavy atom. The van der Waals surface area contributed by atoms with E-state index >= 15 is 0 Å². The van der Waals surface area contributed by atoms with E-state index in [2.05, 4.69) is 9.47 Å². The average Bonchev–Trinajstić information content (AvgIpc) is 3.28. The maximum absolute atomic E-state index is 14.4. The number of fused-ring (bicyclic) bond motifs is 5. The number of ether oxygens (including phenoxy) is 3. The van der Waals surface area contributed by atoms with E-state index in [1.54, 1.807) is 12.1 Å². The van der Waals surface area contributed by atoms with Gasteiger partial charge in [0, 0.05) is 5.41 Å². The molecular weight excluding hydrogens is 786 g/mol. The molecule has 0 spiro atoms. The van der Waals surface area contributed by atoms with Crippen LogP contribution in [0.25, 0.3) is 0 Å². The molecule has 54 heavy (non-hydrogen) atoms. The zero-order chi connectivity index (χ0) is 41.6. The molecule has 2 saturated carbocycles. The highest BCUT2D eigenvalue weighted by atomic mass is 28.4. The van der Waals surface area contributed by atoms with E-state index < -0.39 is 98.1 Å². The van der Waals surface area contributed by atoms with Crippen molar-refractivity contribution >= 4 is 20.3 Å². The number of benzene rings is 1. The first-order chi connectivity index (χ1) is 24.1. The summed E-state index contributed by atoms with van der Waals surface area (Å²) in [7, 11) is -1.02. The first-order valence-corrected chi connectivity index (χ1v) is 19.5. The van der Waals surface area contributed by atoms with Crippen LogP contribution < -0.4 is 9.16 Å². The summed E-state index contributed by atoms with van der Waals surface area (Å²) in [5.74, 6) is -35.9. The highest BCUT2D eigenvalue weighted by molar-refractivity contribution is 6.74. The van der Waals surface area contributed by atoms with Gasteiger partial charge in [-0.15, -0.1) is 0 Å². The number of esters is 2. The van der Waals surface area contributed by atoms with E-state index in [-0.39, 0.29) is 30.7 Å². The number of hydrogen-bond donors (Lipinski definition) is 0. The molecule has 0 unspecified atom stereocenters. The first-order valence-electron chi connectivity index (χ1n) is 16.6. The van der Waals surface area contributed by atoms with E-state index in [4.69, 9.17) is 9.16 Å². The molecule has 21 heteroatoms. The molecule has 1 aromatic carbocycles. The summed E-state index contributed by atoms with van der Waals surface area (Å²) in [5.41, 5.74) is -0.393. The topological polar surface area (TPSA) is 71.1 Å². The summed E-state index contributed by atoms with van der Waals surface area (Å²) in [4.78, 5) is 24.7. The zero-order valence-electron chi connectivity index (χ0n) is 29.8. The Hall–Kier alpha value is -3.00. The Labute approximate surface area is 301 Å². The van der Waals surface area contributed by atoms with Crippen molar-refractivity contribution in [1.82, 2.24) is 0 Å². The van der Waals surface area contributed by atoms with Crippen LogP contribution in [0.2, 0.25) is 18.1 Å². The third kappa shape index (κ3) is 6.89. The van der Waals surface area contributed by atoms with Crippen LogP contribution in [-0.2, 0) is 25.5 Å². The van der Waals surface area contributed by atoms with E-state index in [1.807, 2.05) is 33.9 Å². The molecular formula is C33H38F14O6Si. The highest BCUT2D eigenvalue weighted by Crippen LogP contribution is 2.63. The first kappa shape index (κ1) is 43.7. The summed E-state index contributed by atoms with van der Waals surface area (Å²) in [6.45, 7) is 11.2. The summed E-state index contributed by atoms with van der Waals surface area (Å²) < 4.78 is 211. The van der Waals surface area contributed by atoms with E-state index in [0.717, 1.165) is 12.5 Å². The van der Waals surface area contributed by atoms with Crippen LogP contribution >= 0.6 is 0 Å². The van der Waals surface area contributed by atoms with Gasteiger partial charge in [-0.2, -0.15) is 61.5 Å². The van der Waals surface area contributed by atoms with E-state index in [0.29, 0.717) is 17.1 Å². The molecule has 0 aromatic heterocycles. The third-order valence-electron chi connectivity index (χ3n) is 11.6. The van der Waals surface area contributed by atoms with Gasteiger partial charge in [0.15, 0.2) is 5.75 Å². The Bertz CT molecular complexity index is 1620. The number of rotatable bonds is 9. The third-order valence-corrected chi connectivity index (χ3v) is 15.9. The molecule has 0 saturated heterocycles. The Morgan fingerprint density at radius 2 is 1.26 bits per heavy atom. The second-order valence-electron chi connectivity index (χ2n) is 15.8. The molecule has 2 fully saturated rings. The van der Waals surface area contributed by atoms with Gasteiger partial charge in [0.25, 0.3) is 8.32 Å². The lowest BCUT2D eigenvalue weighted by molar-refractivity contribution is -0.351. The molecule has 0 radical (unpaired) electrons. The van der Waals surface area contributed by atoms with Gasteiger partial charge < -0.3 is 18.6 Å². The minimum Gasteiger partial charge on any atom is -0.541 e. The predicted octanol–water partition coefficient (Wildman–Crippen LogP) is 10.0. The maximum Gasteiger partial charge on any atom is 0.460 e. The largest absolute Gasteiger partial charge is 0.541 e. The molecule has 0 amide bonds. The molecule has 0 bridgehead atoms. The molecule has 0 heterocycles. The number of alkyl halides is 14. The van der Waals surface area contributed by atoms with Gasteiger partial charge in [-0.1, -0.05) is 27.7 Å². The standard InChI is InChI=1S/C33H38F14O6Si/c1-26(2,3)54(6,7)53-21-12-15-8-9-17-16(18(15)13-20(21)50-5)10-11-27(4)19(17)14-22(51-24(48)28(34,35)30(38,39)32(42,43)44)23(27)52-25(49)29(36,37)31(40,41)33(45,46)47/h12-13,16-17,19,22-23H,8-11,14H2,1-7H3/t16-,17+,19-,22+,23-,27-/m0/s1. The molecule has 0 aliphatic heterocycles. The number of halogens is 14. The van der Waals surface area contributed by atoms with Crippen molar-refractivity contribution in [2.45, 2.75) is 132 Å². The summed E-state index contributed by atoms with van der Waals surface area (Å²) in [6, 6.07) is 3.45. The van der Waals surface area contributed by atoms with Crippen LogP contribution in [0.3, 0.4) is 0 Å². The quantitative estimate of drug-likeness (QED) is 0.140. The lowest BCUT2D eigenvalue weighted by atomic mass is 9.55. The molecule has 3 aliphatic carbocycles. The van der Waals surface area contributed by atoms with Crippen molar-refractivity contribution in [1.29, 1.82) is 0 Å². The van der Waals surface area contributed by atoms with Gasteiger partial charge in [-0.25, -0.2) is 9.59 Å². The van der Waals surface area contributed by atoms with Crippen LogP contribution in [-0.4, -0.2) is 75.6 Å². The predicted molar refractivity (Wildman–Crippen MR) is 162 cm³/mol. The summed E-state index contributed by atoms with van der Waals surface area (Å²) >= 11 is 0. The molecule has 1 aromatic rings. The number of aryl methyl sites for hydroxylation is 1. The van der Waals surface area contributed by atoms with Crippen LogP contribution in [0.4, 0.5) is 61.5 Å². The summed E-state index contributed by atoms with van der Waals surface area (Å²) in [5, 5.41) is -0.214. The van der Waals surface area contributed by atoms with Crippen molar-refractivity contribution in [2.24, 2.45) is 17.3 Å². The molecule has 6 nitrogen and oxygen atoms in total. The van der Waals surface area contributed by atoms with Crippen molar-refractivity contribution in [2.75, 3.05) is 7.11 Å². The van der Waals surface area contributed by atoms with Gasteiger partial charge in [-0.05, 0) is 91.2 Å². The minimum absolute atomic E-state index is 0.0440. The Balaban J connectivity index is 1.75. The van der Waals surface area contributed by atoms with E-state index in [1.165, 1.54) is 7.11 Å². The monoisotopic (exact) mass is 824 g/mol. The van der Waals surface area contributed by atoms with Gasteiger partial charge in [-0.3, -0.25) is 0 Å². The number of hydrogen-bond acceptors (Lipinski definition) is 6. The molecule has 3 aliphatic rings. The van der Waals surface area contributed by atoms with Crippen molar-refractivity contribution < 1.29 is 89.7 Å². The fraction of sp³-hybridized carbons (Fsp3) is 0.758. The number of carbonyl (C=O) groups is 2. The van der Waals surface area contributed by atoms with E-state index in [9.17, 15) is 71.1 Å². The van der Waals surface area contributed by atoms with Gasteiger partial charge >= 0.3 is 48.0 Å². The minimum atomic E-state index is -7.04. The van der Waals surface area contributed by atoms with Crippen molar-refractivity contribution in [3.63, 3.8) is 0 Å². The number of methoxy groups -OCH3 is 1. The lowest BCUT2D eigenvalue weighted by Crippen LogP contribution is -2.59. The molecule has 0 N–H and O–H groups in total. The fourth-order valence-electron chi connectivity index (χ4n) is 7.52. The van der Waals surface area contributed by atoms with Crippen LogP contribution in [0.5, 0.6) is 11.5 Å². The van der Waals surface area contributed by atoms with Gasteiger partial charge in [0.1, 0.15) is 18.0 Å². The number of carbonyl (C=O) groups excluding carboxylic acids is 2. The molecule has 4 rings (SSSR count). The Morgan fingerprint density at radius 3 is 1.72 bits per heavy atom. The van der Waals surface area contributed by atoms with Crippen LogP contribution in [0, 0.1) is 17.3 Å². The SMILES string of the molecule is COc1cc2c(cc1O[Si](C)(C)C(C)(C)C)CC[C@@H]1[C@@H]2CC[C@@]2(C)[C@H]1C[C@@H](OC(=O)C(F)(F)C(F)(F)C(F)(F)F)[C@@H]2OC(=O)C(F)(F)C(F)(F)C(F)(F)F. The van der Waals surface area contributed by atoms with Crippen LogP contribution in [0.1, 0.15) is 70.4 Å². The fourth-order valence-corrected chi connectivity index (χ4v) is 8.54. The smallest absolute Gasteiger partial charge is 0.460 e. The zero-order valence-corrected chi connectivity index (χ0v) is 30.8.